The van der Waals surface area contributed by atoms with E-state index in [1.807, 2.05) is 60.9 Å². The minimum absolute atomic E-state index is 0.101. The van der Waals surface area contributed by atoms with Crippen LogP contribution < -0.4 is 15.0 Å². The number of imide groups is 2. The maximum absolute atomic E-state index is 13.3. The number of amides is 4. The van der Waals surface area contributed by atoms with E-state index in [2.05, 4.69) is 19.2 Å². The molecule has 1 fully saturated rings. The van der Waals surface area contributed by atoms with Crippen LogP contribution >= 0.6 is 0 Å². The number of para-hydroxylation sites is 2. The van der Waals surface area contributed by atoms with Crippen LogP contribution in [0.5, 0.6) is 5.75 Å². The summed E-state index contributed by atoms with van der Waals surface area (Å²) in [7, 11) is 1.61. The number of rotatable bonds is 6. The molecule has 7 heteroatoms. The zero-order chi connectivity index (χ0) is 25.3. The van der Waals surface area contributed by atoms with Crippen LogP contribution in [0.4, 0.5) is 10.5 Å². The Morgan fingerprint density at radius 2 is 1.71 bits per heavy atom. The van der Waals surface area contributed by atoms with Crippen LogP contribution in [-0.2, 0) is 9.59 Å². The lowest BCUT2D eigenvalue weighted by Gasteiger charge is -2.26. The number of carbonyl (C=O) groups excluding carboxylic acids is 3. The largest absolute Gasteiger partial charge is 0.495 e. The lowest BCUT2D eigenvalue weighted by Crippen LogP contribution is -2.54. The van der Waals surface area contributed by atoms with E-state index in [-0.39, 0.29) is 5.57 Å². The first-order valence-electron chi connectivity index (χ1n) is 11.6. The summed E-state index contributed by atoms with van der Waals surface area (Å²) in [4.78, 5) is 39.6. The number of barbiturate groups is 1. The van der Waals surface area contributed by atoms with E-state index in [4.69, 9.17) is 4.74 Å². The maximum atomic E-state index is 13.3. The normalized spacial score (nSPS) is 16.0. The molecule has 3 aromatic rings. The fourth-order valence-corrected chi connectivity index (χ4v) is 4.35. The number of benzene rings is 2. The van der Waals surface area contributed by atoms with E-state index in [0.717, 1.165) is 34.0 Å². The van der Waals surface area contributed by atoms with E-state index in [9.17, 15) is 14.4 Å². The number of methoxy groups -OCH3 is 1. The SMILES string of the molecule is CC[C@H](C)c1ccc(N2C(=O)NC(=O)/C(=C/c3cc(C)n(-c4ccccc4OC)c3C)C2=O)cc1. The van der Waals surface area contributed by atoms with Gasteiger partial charge in [-0.3, -0.25) is 14.9 Å². The van der Waals surface area contributed by atoms with Crippen LogP contribution in [0.15, 0.2) is 60.2 Å². The van der Waals surface area contributed by atoms with Gasteiger partial charge in [-0.05, 0) is 73.7 Å². The first-order chi connectivity index (χ1) is 16.8. The molecule has 4 rings (SSSR count). The number of hydrogen-bond acceptors (Lipinski definition) is 4. The van der Waals surface area contributed by atoms with E-state index in [0.29, 0.717) is 22.9 Å². The smallest absolute Gasteiger partial charge is 0.335 e. The van der Waals surface area contributed by atoms with Crippen molar-refractivity contribution in [3.05, 3.63) is 82.7 Å². The van der Waals surface area contributed by atoms with E-state index in [1.54, 1.807) is 25.3 Å². The Labute approximate surface area is 205 Å². The maximum Gasteiger partial charge on any atom is 0.335 e. The molecular formula is C28H29N3O4. The first kappa shape index (κ1) is 24.0. The highest BCUT2D eigenvalue weighted by Crippen LogP contribution is 2.30. The van der Waals surface area contributed by atoms with Crippen LogP contribution in [-0.4, -0.2) is 29.5 Å². The summed E-state index contributed by atoms with van der Waals surface area (Å²) in [6, 6.07) is 16.1. The number of aromatic nitrogens is 1. The van der Waals surface area contributed by atoms with Gasteiger partial charge in [0, 0.05) is 11.4 Å². The molecule has 2 heterocycles. The van der Waals surface area contributed by atoms with Crippen LogP contribution in [0.3, 0.4) is 0 Å². The highest BCUT2D eigenvalue weighted by Gasteiger charge is 2.37. The molecule has 0 saturated carbocycles. The molecule has 180 valence electrons. The summed E-state index contributed by atoms with van der Waals surface area (Å²) < 4.78 is 7.52. The van der Waals surface area contributed by atoms with E-state index >= 15 is 0 Å². The Kier molecular flexibility index (Phi) is 6.60. The third-order valence-corrected chi connectivity index (χ3v) is 6.53. The van der Waals surface area contributed by atoms with Gasteiger partial charge in [-0.15, -0.1) is 0 Å². The van der Waals surface area contributed by atoms with Crippen LogP contribution in [0.2, 0.25) is 0 Å². The quantitative estimate of drug-likeness (QED) is 0.392. The van der Waals surface area contributed by atoms with Crippen molar-refractivity contribution < 1.29 is 19.1 Å². The molecule has 7 nitrogen and oxygen atoms in total. The van der Waals surface area contributed by atoms with Crippen molar-refractivity contribution in [3.63, 3.8) is 0 Å². The fraction of sp³-hybridized carbons (Fsp3) is 0.250. The number of ether oxygens (including phenoxy) is 1. The van der Waals surface area contributed by atoms with Crippen molar-refractivity contribution in [1.29, 1.82) is 0 Å². The average molecular weight is 472 g/mol. The van der Waals surface area contributed by atoms with Gasteiger partial charge < -0.3 is 9.30 Å². The van der Waals surface area contributed by atoms with Crippen molar-refractivity contribution in [3.8, 4) is 11.4 Å². The van der Waals surface area contributed by atoms with Gasteiger partial charge in [-0.2, -0.15) is 0 Å². The molecule has 1 aromatic heterocycles. The molecule has 1 saturated heterocycles. The molecular weight excluding hydrogens is 442 g/mol. The van der Waals surface area contributed by atoms with Gasteiger partial charge in [0.25, 0.3) is 11.8 Å². The minimum Gasteiger partial charge on any atom is -0.495 e. The Balaban J connectivity index is 1.73. The van der Waals surface area contributed by atoms with Crippen molar-refractivity contribution in [1.82, 2.24) is 9.88 Å². The highest BCUT2D eigenvalue weighted by atomic mass is 16.5. The van der Waals surface area contributed by atoms with Gasteiger partial charge in [-0.1, -0.05) is 38.1 Å². The first-order valence-corrected chi connectivity index (χ1v) is 11.6. The molecule has 0 bridgehead atoms. The lowest BCUT2D eigenvalue weighted by molar-refractivity contribution is -0.122. The van der Waals surface area contributed by atoms with E-state index in [1.165, 1.54) is 0 Å². The zero-order valence-corrected chi connectivity index (χ0v) is 20.6. The molecule has 1 N–H and O–H groups in total. The lowest BCUT2D eigenvalue weighted by atomic mass is 9.98. The van der Waals surface area contributed by atoms with Gasteiger partial charge >= 0.3 is 6.03 Å². The fourth-order valence-electron chi connectivity index (χ4n) is 4.35. The zero-order valence-electron chi connectivity index (χ0n) is 20.6. The van der Waals surface area contributed by atoms with Gasteiger partial charge in [0.05, 0.1) is 18.5 Å². The van der Waals surface area contributed by atoms with Crippen molar-refractivity contribution >= 4 is 29.6 Å². The standard InChI is InChI=1S/C28H29N3O4/c1-6-17(2)20-11-13-22(14-12-20)31-27(33)23(26(32)29-28(31)34)16-21-15-18(3)30(19(21)4)24-9-7-8-10-25(24)35-5/h7-17H,6H2,1-5H3,(H,29,32,34)/b23-16-/t17-/m0/s1. The second-order valence-electron chi connectivity index (χ2n) is 8.69. The van der Waals surface area contributed by atoms with Crippen molar-refractivity contribution in [2.75, 3.05) is 12.0 Å². The molecule has 2 aromatic carbocycles. The second kappa shape index (κ2) is 9.62. The summed E-state index contributed by atoms with van der Waals surface area (Å²) in [5.41, 5.74) is 4.74. The Morgan fingerprint density at radius 1 is 1.03 bits per heavy atom. The molecule has 0 radical (unpaired) electrons. The predicted octanol–water partition coefficient (Wildman–Crippen LogP) is 5.28. The average Bonchev–Trinajstić information content (AvgIpc) is 3.13. The number of carbonyl (C=O) groups is 3. The summed E-state index contributed by atoms with van der Waals surface area (Å²) in [5, 5.41) is 2.30. The van der Waals surface area contributed by atoms with Crippen LogP contribution in [0.1, 0.15) is 48.7 Å². The monoisotopic (exact) mass is 471 g/mol. The van der Waals surface area contributed by atoms with Gasteiger partial charge in [0.15, 0.2) is 0 Å². The summed E-state index contributed by atoms with van der Waals surface area (Å²) in [5.74, 6) is -0.297. The number of nitrogens with zero attached hydrogens (tertiary/aromatic N) is 2. The Morgan fingerprint density at radius 3 is 2.37 bits per heavy atom. The molecule has 1 atom stereocenters. The third kappa shape index (κ3) is 4.37. The molecule has 35 heavy (non-hydrogen) atoms. The molecule has 0 unspecified atom stereocenters. The van der Waals surface area contributed by atoms with Crippen molar-refractivity contribution in [2.24, 2.45) is 0 Å². The van der Waals surface area contributed by atoms with Gasteiger partial charge in [0.2, 0.25) is 0 Å². The van der Waals surface area contributed by atoms with Crippen molar-refractivity contribution in [2.45, 2.75) is 40.0 Å². The number of hydrogen-bond donors (Lipinski definition) is 1. The number of aryl methyl sites for hydroxylation is 1. The highest BCUT2D eigenvalue weighted by molar-refractivity contribution is 6.39. The Bertz CT molecular complexity index is 1330. The number of urea groups is 1. The van der Waals surface area contributed by atoms with E-state index < -0.39 is 17.8 Å². The molecule has 1 aliphatic heterocycles. The molecule has 0 aliphatic carbocycles. The summed E-state index contributed by atoms with van der Waals surface area (Å²) >= 11 is 0. The van der Waals surface area contributed by atoms with Gasteiger partial charge in [0.1, 0.15) is 11.3 Å². The van der Waals surface area contributed by atoms with Crippen LogP contribution in [0, 0.1) is 13.8 Å². The third-order valence-electron chi connectivity index (χ3n) is 6.53. The topological polar surface area (TPSA) is 80.6 Å². The molecule has 1 aliphatic rings. The van der Waals surface area contributed by atoms with Gasteiger partial charge in [-0.25, -0.2) is 9.69 Å². The minimum atomic E-state index is -0.757. The second-order valence-corrected chi connectivity index (χ2v) is 8.69. The summed E-state index contributed by atoms with van der Waals surface area (Å²) in [6.45, 7) is 8.08. The number of nitrogens with one attached hydrogen (secondary N) is 1. The van der Waals surface area contributed by atoms with Crippen LogP contribution in [0.25, 0.3) is 11.8 Å². The Hall–Kier alpha value is -4.13. The molecule has 4 amide bonds. The predicted molar refractivity (Wildman–Crippen MR) is 136 cm³/mol. The molecule has 0 spiro atoms. The summed E-state index contributed by atoms with van der Waals surface area (Å²) in [6.07, 6.45) is 2.52. The number of anilines is 1.